The highest BCUT2D eigenvalue weighted by Crippen LogP contribution is 2.37. The number of thiazole rings is 1. The fourth-order valence-electron chi connectivity index (χ4n) is 4.38. The third kappa shape index (κ3) is 5.44. The number of hydrogen-bond acceptors (Lipinski definition) is 8. The Morgan fingerprint density at radius 3 is 2.59 bits per heavy atom. The van der Waals surface area contributed by atoms with Gasteiger partial charge >= 0.3 is 5.97 Å². The number of rotatable bonds is 9. The summed E-state index contributed by atoms with van der Waals surface area (Å²) in [5.41, 5.74) is 2.26. The molecule has 8 nitrogen and oxygen atoms in total. The summed E-state index contributed by atoms with van der Waals surface area (Å²) in [5.74, 6) is 1.17. The Morgan fingerprint density at radius 1 is 1.05 bits per heavy atom. The number of carbonyl (C=O) groups is 1. The standard InChI is InChI=1S/C30H28N2O6S/c1-4-35-24-16-21(13-14-23(24)38-18-20-10-7-6-8-11-20)27-26(29(34)36-5-2)19(3)32-28(33)25(39-30(32)31-27)17-22-12-9-15-37-22/h6-17,27H,4-5,18H2,1-3H3/b25-17+/t27-/m0/s1. The molecule has 0 fully saturated rings. The molecular weight excluding hydrogens is 516 g/mol. The lowest BCUT2D eigenvalue weighted by molar-refractivity contribution is -0.138. The lowest BCUT2D eigenvalue weighted by atomic mass is 9.96. The minimum atomic E-state index is -0.694. The Bertz CT molecular complexity index is 1680. The van der Waals surface area contributed by atoms with Gasteiger partial charge in [0, 0.05) is 11.8 Å². The van der Waals surface area contributed by atoms with Gasteiger partial charge < -0.3 is 18.6 Å². The van der Waals surface area contributed by atoms with Crippen molar-refractivity contribution in [1.82, 2.24) is 4.57 Å². The van der Waals surface area contributed by atoms with E-state index in [4.69, 9.17) is 23.6 Å². The van der Waals surface area contributed by atoms with E-state index in [-0.39, 0.29) is 12.2 Å². The fourth-order valence-corrected chi connectivity index (χ4v) is 5.40. The maximum Gasteiger partial charge on any atom is 0.338 e. The molecule has 1 aliphatic heterocycles. The van der Waals surface area contributed by atoms with Crippen LogP contribution in [0.3, 0.4) is 0 Å². The second kappa shape index (κ2) is 11.6. The summed E-state index contributed by atoms with van der Waals surface area (Å²) in [6, 6.07) is 18.2. The van der Waals surface area contributed by atoms with Gasteiger partial charge in [-0.1, -0.05) is 47.7 Å². The molecule has 0 saturated carbocycles. The van der Waals surface area contributed by atoms with Crippen LogP contribution < -0.4 is 24.4 Å². The van der Waals surface area contributed by atoms with Gasteiger partial charge in [0.05, 0.1) is 25.1 Å². The van der Waals surface area contributed by atoms with Gasteiger partial charge in [0.2, 0.25) is 0 Å². The van der Waals surface area contributed by atoms with Crippen LogP contribution in [0.25, 0.3) is 11.8 Å². The van der Waals surface area contributed by atoms with Crippen LogP contribution in [0.1, 0.15) is 43.7 Å². The summed E-state index contributed by atoms with van der Waals surface area (Å²) < 4.78 is 24.7. The van der Waals surface area contributed by atoms with Crippen LogP contribution in [0, 0.1) is 0 Å². The number of hydrogen-bond donors (Lipinski definition) is 0. The highest BCUT2D eigenvalue weighted by atomic mass is 32.1. The van der Waals surface area contributed by atoms with Crippen LogP contribution in [0.4, 0.5) is 0 Å². The summed E-state index contributed by atoms with van der Waals surface area (Å²) in [6.07, 6.45) is 3.22. The third-order valence-electron chi connectivity index (χ3n) is 6.18. The highest BCUT2D eigenvalue weighted by Gasteiger charge is 2.32. The Kier molecular flexibility index (Phi) is 7.79. The van der Waals surface area contributed by atoms with Crippen LogP contribution in [0.15, 0.2) is 86.7 Å². The van der Waals surface area contributed by atoms with Gasteiger partial charge in [0.25, 0.3) is 5.56 Å². The number of furan rings is 1. The lowest BCUT2D eigenvalue weighted by Gasteiger charge is -2.23. The number of esters is 1. The summed E-state index contributed by atoms with van der Waals surface area (Å²) in [6.45, 7) is 6.40. The topological polar surface area (TPSA) is 92.3 Å². The maximum atomic E-state index is 13.3. The lowest BCUT2D eigenvalue weighted by Crippen LogP contribution is -2.35. The first-order valence-corrected chi connectivity index (χ1v) is 13.5. The van der Waals surface area contributed by atoms with E-state index in [2.05, 4.69) is 0 Å². The molecule has 2 aromatic carbocycles. The molecule has 0 bridgehead atoms. The zero-order chi connectivity index (χ0) is 27.4. The quantitative estimate of drug-likeness (QED) is 0.289. The molecule has 1 atom stereocenters. The maximum absolute atomic E-state index is 13.3. The first-order chi connectivity index (χ1) is 19.0. The van der Waals surface area contributed by atoms with E-state index in [0.717, 1.165) is 11.1 Å². The molecule has 5 rings (SSSR count). The molecule has 2 aromatic heterocycles. The van der Waals surface area contributed by atoms with Crippen molar-refractivity contribution < 1.29 is 23.4 Å². The molecule has 1 aliphatic rings. The van der Waals surface area contributed by atoms with E-state index < -0.39 is 12.0 Å². The summed E-state index contributed by atoms with van der Waals surface area (Å²) in [4.78, 5) is 31.8. The Labute approximate surface area is 229 Å². The van der Waals surface area contributed by atoms with E-state index in [1.54, 1.807) is 38.3 Å². The zero-order valence-electron chi connectivity index (χ0n) is 21.9. The van der Waals surface area contributed by atoms with Gasteiger partial charge in [-0.3, -0.25) is 9.36 Å². The van der Waals surface area contributed by atoms with Crippen molar-refractivity contribution in [2.75, 3.05) is 13.2 Å². The van der Waals surface area contributed by atoms with Crippen LogP contribution in [-0.2, 0) is 16.1 Å². The third-order valence-corrected chi connectivity index (χ3v) is 7.16. The van der Waals surface area contributed by atoms with Crippen molar-refractivity contribution in [3.63, 3.8) is 0 Å². The molecule has 4 aromatic rings. The van der Waals surface area contributed by atoms with E-state index >= 15 is 0 Å². The SMILES string of the molecule is CCOC(=O)C1=C(C)n2c(s/c(=C/c3ccco3)c2=O)=N[C@H]1c1ccc(OCc2ccccc2)c(OCC)c1. The van der Waals surface area contributed by atoms with Crippen molar-refractivity contribution in [2.24, 2.45) is 4.99 Å². The van der Waals surface area contributed by atoms with Gasteiger partial charge in [-0.2, -0.15) is 0 Å². The van der Waals surface area contributed by atoms with Gasteiger partial charge in [-0.15, -0.1) is 0 Å². The highest BCUT2D eigenvalue weighted by molar-refractivity contribution is 7.07. The fraction of sp³-hybridized carbons (Fsp3) is 0.233. The average molecular weight is 545 g/mol. The van der Waals surface area contributed by atoms with E-state index in [0.29, 0.717) is 51.1 Å². The molecule has 0 saturated heterocycles. The van der Waals surface area contributed by atoms with Crippen molar-refractivity contribution in [3.8, 4) is 11.5 Å². The number of benzene rings is 2. The minimum Gasteiger partial charge on any atom is -0.490 e. The summed E-state index contributed by atoms with van der Waals surface area (Å²) >= 11 is 1.24. The molecule has 0 unspecified atom stereocenters. The largest absolute Gasteiger partial charge is 0.490 e. The van der Waals surface area contributed by atoms with Crippen molar-refractivity contribution in [3.05, 3.63) is 109 Å². The predicted octanol–water partition coefficient (Wildman–Crippen LogP) is 4.48. The Balaban J connectivity index is 1.59. The van der Waals surface area contributed by atoms with E-state index in [1.165, 1.54) is 15.9 Å². The molecule has 0 radical (unpaired) electrons. The molecular formula is C30H28N2O6S. The molecule has 0 aliphatic carbocycles. The Hall–Kier alpha value is -4.37. The molecule has 3 heterocycles. The normalized spacial score (nSPS) is 15.1. The van der Waals surface area contributed by atoms with Gasteiger partial charge in [-0.25, -0.2) is 9.79 Å². The predicted molar refractivity (Wildman–Crippen MR) is 148 cm³/mol. The van der Waals surface area contributed by atoms with Gasteiger partial charge in [0.15, 0.2) is 16.3 Å². The van der Waals surface area contributed by atoms with Crippen LogP contribution in [0.5, 0.6) is 11.5 Å². The van der Waals surface area contributed by atoms with Crippen LogP contribution in [-0.4, -0.2) is 23.8 Å². The number of aromatic nitrogens is 1. The number of ether oxygens (including phenoxy) is 3. The number of allylic oxidation sites excluding steroid dienone is 1. The summed E-state index contributed by atoms with van der Waals surface area (Å²) in [7, 11) is 0. The number of nitrogens with zero attached hydrogens (tertiary/aromatic N) is 2. The van der Waals surface area contributed by atoms with E-state index in [1.807, 2.05) is 55.5 Å². The van der Waals surface area contributed by atoms with E-state index in [9.17, 15) is 9.59 Å². The second-order valence-electron chi connectivity index (χ2n) is 8.71. The first kappa shape index (κ1) is 26.2. The Morgan fingerprint density at radius 2 is 1.87 bits per heavy atom. The van der Waals surface area contributed by atoms with Crippen LogP contribution >= 0.6 is 11.3 Å². The monoisotopic (exact) mass is 544 g/mol. The van der Waals surface area contributed by atoms with Gasteiger partial charge in [-0.05, 0) is 56.2 Å². The molecule has 0 N–H and O–H groups in total. The number of fused-ring (bicyclic) bond motifs is 1. The average Bonchev–Trinajstić information content (AvgIpc) is 3.56. The van der Waals surface area contributed by atoms with Crippen molar-refractivity contribution in [2.45, 2.75) is 33.4 Å². The molecule has 39 heavy (non-hydrogen) atoms. The van der Waals surface area contributed by atoms with Crippen LogP contribution in [0.2, 0.25) is 0 Å². The second-order valence-corrected chi connectivity index (χ2v) is 9.72. The number of carbonyl (C=O) groups excluding carboxylic acids is 1. The molecule has 200 valence electrons. The zero-order valence-corrected chi connectivity index (χ0v) is 22.7. The smallest absolute Gasteiger partial charge is 0.338 e. The molecule has 0 amide bonds. The minimum absolute atomic E-state index is 0.196. The summed E-state index contributed by atoms with van der Waals surface area (Å²) in [5, 5.41) is 0. The first-order valence-electron chi connectivity index (χ1n) is 12.7. The molecule has 0 spiro atoms. The van der Waals surface area contributed by atoms with Crippen molar-refractivity contribution in [1.29, 1.82) is 0 Å². The molecule has 9 heteroatoms. The van der Waals surface area contributed by atoms with Crippen molar-refractivity contribution >= 4 is 29.1 Å². The van der Waals surface area contributed by atoms with Gasteiger partial charge in [0.1, 0.15) is 22.9 Å².